The molecule has 4 rings (SSSR count). The minimum Gasteiger partial charge on any atom is -0.494 e. The van der Waals surface area contributed by atoms with E-state index in [0.29, 0.717) is 28.5 Å². The number of rotatable bonds is 5. The van der Waals surface area contributed by atoms with Crippen molar-refractivity contribution in [3.8, 4) is 5.75 Å². The van der Waals surface area contributed by atoms with Gasteiger partial charge in [0.1, 0.15) is 11.3 Å². The number of nitrogens with zero attached hydrogens (tertiary/aromatic N) is 2. The van der Waals surface area contributed by atoms with Crippen LogP contribution in [0.5, 0.6) is 5.75 Å². The summed E-state index contributed by atoms with van der Waals surface area (Å²) in [6.45, 7) is 4.45. The van der Waals surface area contributed by atoms with Crippen LogP contribution in [0.2, 0.25) is 0 Å². The second-order valence-corrected chi connectivity index (χ2v) is 10.6. The van der Waals surface area contributed by atoms with Gasteiger partial charge >= 0.3 is 0 Å². The van der Waals surface area contributed by atoms with Crippen LogP contribution >= 0.6 is 11.3 Å². The van der Waals surface area contributed by atoms with Crippen molar-refractivity contribution in [3.05, 3.63) is 47.5 Å². The van der Waals surface area contributed by atoms with Gasteiger partial charge in [0.25, 0.3) is 5.91 Å². The molecule has 1 saturated heterocycles. The molecule has 1 amide bonds. The van der Waals surface area contributed by atoms with Crippen molar-refractivity contribution in [2.45, 2.75) is 44.0 Å². The van der Waals surface area contributed by atoms with Gasteiger partial charge in [-0.05, 0) is 62.6 Å². The van der Waals surface area contributed by atoms with E-state index in [1.807, 2.05) is 26.0 Å². The smallest absolute Gasteiger partial charge is 0.257 e. The first kappa shape index (κ1) is 21.7. The lowest BCUT2D eigenvalue weighted by Crippen LogP contribution is -2.41. The van der Waals surface area contributed by atoms with E-state index in [4.69, 9.17) is 4.74 Å². The lowest BCUT2D eigenvalue weighted by Gasteiger charge is -2.32. The number of hydrogen-bond donors (Lipinski definition) is 1. The van der Waals surface area contributed by atoms with Crippen LogP contribution in [-0.2, 0) is 10.0 Å². The van der Waals surface area contributed by atoms with Crippen molar-refractivity contribution in [2.24, 2.45) is 0 Å². The van der Waals surface area contributed by atoms with Gasteiger partial charge in [-0.1, -0.05) is 23.8 Å². The third-order valence-corrected chi connectivity index (χ3v) is 8.74. The molecule has 1 aliphatic rings. The molecule has 7 nitrogen and oxygen atoms in total. The number of carbonyl (C=O) groups is 1. The fraction of sp³-hybridized carbons (Fsp3) is 0.364. The minimum atomic E-state index is -3.56. The second-order valence-electron chi connectivity index (χ2n) is 7.72. The van der Waals surface area contributed by atoms with E-state index in [2.05, 4.69) is 10.3 Å². The summed E-state index contributed by atoms with van der Waals surface area (Å²) in [6.07, 6.45) is 2.78. The summed E-state index contributed by atoms with van der Waals surface area (Å²) in [6, 6.07) is 9.86. The molecule has 1 fully saturated rings. The third kappa shape index (κ3) is 4.17. The van der Waals surface area contributed by atoms with Crippen molar-refractivity contribution < 1.29 is 17.9 Å². The first-order valence-corrected chi connectivity index (χ1v) is 12.4. The van der Waals surface area contributed by atoms with Crippen LogP contribution in [-0.4, -0.2) is 43.3 Å². The summed E-state index contributed by atoms with van der Waals surface area (Å²) >= 11 is 1.38. The van der Waals surface area contributed by atoms with E-state index in [1.54, 1.807) is 11.4 Å². The number of sulfonamides is 1. The summed E-state index contributed by atoms with van der Waals surface area (Å²) in [7, 11) is -1.98. The van der Waals surface area contributed by atoms with E-state index in [1.165, 1.54) is 35.6 Å². The number of benzene rings is 2. The Kier molecular flexibility index (Phi) is 6.00. The number of nitrogens with one attached hydrogen (secondary N) is 1. The number of anilines is 1. The predicted molar refractivity (Wildman–Crippen MR) is 123 cm³/mol. The molecule has 9 heteroatoms. The maximum Gasteiger partial charge on any atom is 0.257 e. The van der Waals surface area contributed by atoms with Crippen LogP contribution < -0.4 is 10.1 Å². The predicted octanol–water partition coefficient (Wildman–Crippen LogP) is 4.43. The highest BCUT2D eigenvalue weighted by atomic mass is 32.2. The quantitative estimate of drug-likeness (QED) is 0.610. The molecule has 1 atom stereocenters. The topological polar surface area (TPSA) is 88.6 Å². The molecule has 0 spiro atoms. The molecule has 1 aliphatic heterocycles. The van der Waals surface area contributed by atoms with Crippen molar-refractivity contribution >= 4 is 42.6 Å². The number of amides is 1. The fourth-order valence-electron chi connectivity index (χ4n) is 3.84. The molecule has 0 aliphatic carbocycles. The normalized spacial score (nSPS) is 17.6. The number of fused-ring (bicyclic) bond motifs is 1. The summed E-state index contributed by atoms with van der Waals surface area (Å²) in [5.74, 6) is 0.310. The maximum atomic E-state index is 13.0. The third-order valence-electron chi connectivity index (χ3n) is 5.61. The first-order chi connectivity index (χ1) is 14.8. The van der Waals surface area contributed by atoms with Crippen LogP contribution in [0.25, 0.3) is 10.2 Å². The largest absolute Gasteiger partial charge is 0.494 e. The van der Waals surface area contributed by atoms with Crippen LogP contribution in [0.1, 0.15) is 42.1 Å². The molecule has 0 saturated carbocycles. The van der Waals surface area contributed by atoms with E-state index in [0.717, 1.165) is 29.5 Å². The Balaban J connectivity index is 1.54. The first-order valence-electron chi connectivity index (χ1n) is 10.2. The SMILES string of the molecule is COc1ccc(C)c2sc(NC(=O)c3ccc(S(=O)(=O)N4CCCCC4C)cc3)nc12. The van der Waals surface area contributed by atoms with E-state index >= 15 is 0 Å². The summed E-state index contributed by atoms with van der Waals surface area (Å²) in [5.41, 5.74) is 2.13. The highest BCUT2D eigenvalue weighted by Crippen LogP contribution is 2.35. The van der Waals surface area contributed by atoms with Gasteiger partial charge in [-0.25, -0.2) is 13.4 Å². The van der Waals surface area contributed by atoms with Gasteiger partial charge < -0.3 is 4.74 Å². The van der Waals surface area contributed by atoms with E-state index < -0.39 is 10.0 Å². The second kappa shape index (κ2) is 8.57. The number of ether oxygens (including phenoxy) is 1. The fourth-order valence-corrected chi connectivity index (χ4v) is 6.49. The standard InChI is InChI=1S/C22H25N3O4S2/c1-14-7-12-18(29-3)19-20(14)30-22(23-19)24-21(26)16-8-10-17(11-9-16)31(27,28)25-13-5-4-6-15(25)2/h7-12,15H,4-6,13H2,1-3H3,(H,23,24,26). The van der Waals surface area contributed by atoms with Gasteiger partial charge in [0, 0.05) is 18.2 Å². The number of piperidine rings is 1. The molecule has 2 aromatic carbocycles. The van der Waals surface area contributed by atoms with Gasteiger partial charge in [-0.3, -0.25) is 10.1 Å². The zero-order valence-corrected chi connectivity index (χ0v) is 19.3. The number of aromatic nitrogens is 1. The van der Waals surface area contributed by atoms with E-state index in [9.17, 15) is 13.2 Å². The molecule has 3 aromatic rings. The number of thiazole rings is 1. The minimum absolute atomic E-state index is 0.0128. The van der Waals surface area contributed by atoms with Gasteiger partial charge in [-0.15, -0.1) is 0 Å². The average Bonchev–Trinajstić information content (AvgIpc) is 3.19. The van der Waals surface area contributed by atoms with Gasteiger partial charge in [0.05, 0.1) is 16.7 Å². The van der Waals surface area contributed by atoms with Crippen LogP contribution in [0.3, 0.4) is 0 Å². The molecule has 164 valence electrons. The zero-order valence-electron chi connectivity index (χ0n) is 17.7. The Morgan fingerprint density at radius 3 is 2.61 bits per heavy atom. The Hall–Kier alpha value is -2.49. The average molecular weight is 460 g/mol. The molecule has 1 N–H and O–H groups in total. The number of aryl methyl sites for hydroxylation is 1. The summed E-state index contributed by atoms with van der Waals surface area (Å²) < 4.78 is 33.8. The van der Waals surface area contributed by atoms with Crippen molar-refractivity contribution in [3.63, 3.8) is 0 Å². The Morgan fingerprint density at radius 2 is 1.94 bits per heavy atom. The van der Waals surface area contributed by atoms with Crippen LogP contribution in [0.4, 0.5) is 5.13 Å². The summed E-state index contributed by atoms with van der Waals surface area (Å²) in [4.78, 5) is 17.4. The Morgan fingerprint density at radius 1 is 1.19 bits per heavy atom. The monoisotopic (exact) mass is 459 g/mol. The molecule has 0 bridgehead atoms. The van der Waals surface area contributed by atoms with E-state index in [-0.39, 0.29) is 16.8 Å². The maximum absolute atomic E-state index is 13.0. The molecule has 31 heavy (non-hydrogen) atoms. The zero-order chi connectivity index (χ0) is 22.2. The van der Waals surface area contributed by atoms with Gasteiger partial charge in [0.15, 0.2) is 5.13 Å². The number of carbonyl (C=O) groups excluding carboxylic acids is 1. The summed E-state index contributed by atoms with van der Waals surface area (Å²) in [5, 5.41) is 3.27. The van der Waals surface area contributed by atoms with Gasteiger partial charge in [-0.2, -0.15) is 4.31 Å². The highest BCUT2D eigenvalue weighted by molar-refractivity contribution is 7.89. The molecule has 1 unspecified atom stereocenters. The van der Waals surface area contributed by atoms with Crippen LogP contribution in [0.15, 0.2) is 41.3 Å². The molecular weight excluding hydrogens is 434 g/mol. The molecular formula is C22H25N3O4S2. The van der Waals surface area contributed by atoms with Crippen LogP contribution in [0, 0.1) is 6.92 Å². The lowest BCUT2D eigenvalue weighted by atomic mass is 10.1. The van der Waals surface area contributed by atoms with Crippen molar-refractivity contribution in [2.75, 3.05) is 19.0 Å². The Bertz CT molecular complexity index is 1220. The molecule has 2 heterocycles. The number of hydrogen-bond acceptors (Lipinski definition) is 6. The number of methoxy groups -OCH3 is 1. The molecule has 1 aromatic heterocycles. The lowest BCUT2D eigenvalue weighted by molar-refractivity contribution is 0.102. The van der Waals surface area contributed by atoms with Crippen molar-refractivity contribution in [1.82, 2.24) is 9.29 Å². The van der Waals surface area contributed by atoms with Gasteiger partial charge in [0.2, 0.25) is 10.0 Å². The van der Waals surface area contributed by atoms with Crippen molar-refractivity contribution in [1.29, 1.82) is 0 Å². The Labute approximate surface area is 186 Å². The molecule has 0 radical (unpaired) electrons. The highest BCUT2D eigenvalue weighted by Gasteiger charge is 2.31.